The quantitative estimate of drug-likeness (QED) is 0.786. The lowest BCUT2D eigenvalue weighted by Gasteiger charge is -2.35. The Morgan fingerprint density at radius 2 is 2.25 bits per heavy atom. The molecule has 3 heteroatoms. The molecule has 0 aromatic carbocycles. The monoisotopic (exact) mass is 226 g/mol. The van der Waals surface area contributed by atoms with Crippen LogP contribution in [-0.4, -0.2) is 50.3 Å². The maximum absolute atomic E-state index is 5.39. The highest BCUT2D eigenvalue weighted by molar-refractivity contribution is 4.88. The summed E-state index contributed by atoms with van der Waals surface area (Å²) in [6, 6.07) is 0.811. The number of hydrogen-bond acceptors (Lipinski definition) is 3. The van der Waals surface area contributed by atoms with Gasteiger partial charge in [0, 0.05) is 19.7 Å². The van der Waals surface area contributed by atoms with Gasteiger partial charge in [0.1, 0.15) is 0 Å². The summed E-state index contributed by atoms with van der Waals surface area (Å²) in [7, 11) is 1.82. The highest BCUT2D eigenvalue weighted by Gasteiger charge is 2.32. The number of rotatable bonds is 4. The fraction of sp³-hybridized carbons (Fsp3) is 1.00. The van der Waals surface area contributed by atoms with Crippen molar-refractivity contribution in [1.82, 2.24) is 10.2 Å². The van der Waals surface area contributed by atoms with Crippen LogP contribution in [0, 0.1) is 5.92 Å². The molecule has 2 rings (SSSR count). The van der Waals surface area contributed by atoms with Gasteiger partial charge in [0.15, 0.2) is 0 Å². The van der Waals surface area contributed by atoms with Gasteiger partial charge in [0.25, 0.3) is 0 Å². The van der Waals surface area contributed by atoms with E-state index in [9.17, 15) is 0 Å². The van der Waals surface area contributed by atoms with E-state index in [1.165, 1.54) is 45.3 Å². The van der Waals surface area contributed by atoms with Gasteiger partial charge in [0.05, 0.1) is 6.10 Å². The number of piperidine rings is 1. The molecule has 0 aromatic heterocycles. The lowest BCUT2D eigenvalue weighted by atomic mass is 9.90. The van der Waals surface area contributed by atoms with E-state index in [2.05, 4.69) is 17.1 Å². The van der Waals surface area contributed by atoms with Gasteiger partial charge in [-0.1, -0.05) is 0 Å². The topological polar surface area (TPSA) is 24.5 Å². The van der Waals surface area contributed by atoms with Crippen LogP contribution in [0.1, 0.15) is 32.6 Å². The van der Waals surface area contributed by atoms with E-state index in [1.54, 1.807) is 0 Å². The third-order valence-electron chi connectivity index (χ3n) is 4.19. The first-order chi connectivity index (χ1) is 7.81. The summed E-state index contributed by atoms with van der Waals surface area (Å²) in [4.78, 5) is 2.66. The number of likely N-dealkylation sites (tertiary alicyclic amines) is 1. The van der Waals surface area contributed by atoms with Crippen molar-refractivity contribution in [3.8, 4) is 0 Å². The molecule has 2 saturated heterocycles. The predicted octanol–water partition coefficient (Wildman–Crippen LogP) is 1.49. The van der Waals surface area contributed by atoms with Crippen LogP contribution in [0.3, 0.4) is 0 Å². The Balaban J connectivity index is 1.86. The molecular weight excluding hydrogens is 200 g/mol. The first-order valence-corrected chi connectivity index (χ1v) is 6.79. The van der Waals surface area contributed by atoms with Crippen molar-refractivity contribution in [3.05, 3.63) is 0 Å². The Hall–Kier alpha value is -0.120. The van der Waals surface area contributed by atoms with Gasteiger partial charge in [0.2, 0.25) is 0 Å². The lowest BCUT2D eigenvalue weighted by Crippen LogP contribution is -2.45. The minimum Gasteiger partial charge on any atom is -0.380 e. The van der Waals surface area contributed by atoms with Gasteiger partial charge in [-0.25, -0.2) is 0 Å². The molecule has 2 fully saturated rings. The number of hydrogen-bond donors (Lipinski definition) is 1. The van der Waals surface area contributed by atoms with E-state index in [4.69, 9.17) is 4.74 Å². The number of methoxy groups -OCH3 is 1. The highest BCUT2D eigenvalue weighted by atomic mass is 16.5. The second-order valence-corrected chi connectivity index (χ2v) is 5.36. The molecule has 2 aliphatic heterocycles. The SMILES string of the molecule is COC(C)CN1CCCC1C1CCCNC1. The van der Waals surface area contributed by atoms with Crippen LogP contribution in [0.15, 0.2) is 0 Å². The second kappa shape index (κ2) is 5.99. The molecule has 2 heterocycles. The average molecular weight is 226 g/mol. The highest BCUT2D eigenvalue weighted by Crippen LogP contribution is 2.28. The van der Waals surface area contributed by atoms with Gasteiger partial charge in [-0.15, -0.1) is 0 Å². The third-order valence-corrected chi connectivity index (χ3v) is 4.19. The summed E-state index contributed by atoms with van der Waals surface area (Å²) >= 11 is 0. The zero-order valence-electron chi connectivity index (χ0n) is 10.7. The van der Waals surface area contributed by atoms with Crippen LogP contribution in [0.25, 0.3) is 0 Å². The third kappa shape index (κ3) is 2.96. The van der Waals surface area contributed by atoms with Crippen LogP contribution in [0.2, 0.25) is 0 Å². The Kier molecular flexibility index (Phi) is 4.62. The van der Waals surface area contributed by atoms with Crippen LogP contribution in [0.5, 0.6) is 0 Å². The number of nitrogens with zero attached hydrogens (tertiary/aromatic N) is 1. The molecule has 3 nitrogen and oxygen atoms in total. The molecule has 1 N–H and O–H groups in total. The van der Waals surface area contributed by atoms with E-state index in [1.807, 2.05) is 7.11 Å². The standard InChI is InChI=1S/C13H26N2O/c1-11(16-2)10-15-8-4-6-13(15)12-5-3-7-14-9-12/h11-14H,3-10H2,1-2H3. The summed E-state index contributed by atoms with van der Waals surface area (Å²) in [5.74, 6) is 0.875. The first kappa shape index (κ1) is 12.3. The van der Waals surface area contributed by atoms with Crippen LogP contribution < -0.4 is 5.32 Å². The fourth-order valence-corrected chi connectivity index (χ4v) is 3.22. The molecule has 2 aliphatic rings. The van der Waals surface area contributed by atoms with Crippen LogP contribution in [0.4, 0.5) is 0 Å². The maximum Gasteiger partial charge on any atom is 0.0670 e. The molecule has 0 saturated carbocycles. The Bertz CT molecular complexity index is 204. The summed E-state index contributed by atoms with van der Waals surface area (Å²) in [6.07, 6.45) is 5.90. The molecule has 0 aromatic rings. The minimum atomic E-state index is 0.372. The second-order valence-electron chi connectivity index (χ2n) is 5.36. The smallest absolute Gasteiger partial charge is 0.0670 e. The van der Waals surface area contributed by atoms with E-state index in [-0.39, 0.29) is 0 Å². The van der Waals surface area contributed by atoms with Gasteiger partial charge in [-0.05, 0) is 58.2 Å². The normalized spacial score (nSPS) is 34.1. The molecule has 0 aliphatic carbocycles. The molecule has 0 amide bonds. The maximum atomic E-state index is 5.39. The molecule has 3 unspecified atom stereocenters. The predicted molar refractivity (Wildman–Crippen MR) is 66.7 cm³/mol. The summed E-state index contributed by atoms with van der Waals surface area (Å²) < 4.78 is 5.39. The van der Waals surface area contributed by atoms with Crippen molar-refractivity contribution < 1.29 is 4.74 Å². The molecule has 0 radical (unpaired) electrons. The van der Waals surface area contributed by atoms with E-state index >= 15 is 0 Å². The Morgan fingerprint density at radius 1 is 1.38 bits per heavy atom. The largest absolute Gasteiger partial charge is 0.380 e. The van der Waals surface area contributed by atoms with E-state index in [0.29, 0.717) is 6.10 Å². The molecule has 94 valence electrons. The van der Waals surface area contributed by atoms with E-state index in [0.717, 1.165) is 18.5 Å². The molecular formula is C13H26N2O. The summed E-state index contributed by atoms with van der Waals surface area (Å²) in [5, 5.41) is 3.54. The molecule has 16 heavy (non-hydrogen) atoms. The zero-order valence-corrected chi connectivity index (χ0v) is 10.7. The lowest BCUT2D eigenvalue weighted by molar-refractivity contribution is 0.0585. The average Bonchev–Trinajstić information content (AvgIpc) is 2.78. The summed E-state index contributed by atoms with van der Waals surface area (Å²) in [6.45, 7) is 7.00. The number of nitrogens with one attached hydrogen (secondary N) is 1. The summed E-state index contributed by atoms with van der Waals surface area (Å²) in [5.41, 5.74) is 0. The van der Waals surface area contributed by atoms with Crippen LogP contribution in [-0.2, 0) is 4.74 Å². The van der Waals surface area contributed by atoms with Gasteiger partial charge in [-0.3, -0.25) is 4.90 Å². The molecule has 3 atom stereocenters. The molecule has 0 spiro atoms. The van der Waals surface area contributed by atoms with Gasteiger partial charge in [-0.2, -0.15) is 0 Å². The van der Waals surface area contributed by atoms with E-state index < -0.39 is 0 Å². The van der Waals surface area contributed by atoms with Crippen molar-refractivity contribution in [2.75, 3.05) is 33.3 Å². The van der Waals surface area contributed by atoms with Crippen molar-refractivity contribution in [2.45, 2.75) is 44.8 Å². The number of ether oxygens (including phenoxy) is 1. The van der Waals surface area contributed by atoms with Crippen molar-refractivity contribution in [2.24, 2.45) is 5.92 Å². The zero-order chi connectivity index (χ0) is 11.4. The van der Waals surface area contributed by atoms with Gasteiger partial charge < -0.3 is 10.1 Å². The van der Waals surface area contributed by atoms with Crippen molar-refractivity contribution >= 4 is 0 Å². The van der Waals surface area contributed by atoms with Crippen LogP contribution >= 0.6 is 0 Å². The fourth-order valence-electron chi connectivity index (χ4n) is 3.22. The van der Waals surface area contributed by atoms with Crippen molar-refractivity contribution in [1.29, 1.82) is 0 Å². The first-order valence-electron chi connectivity index (χ1n) is 6.79. The minimum absolute atomic E-state index is 0.372. The Morgan fingerprint density at radius 3 is 2.94 bits per heavy atom. The van der Waals surface area contributed by atoms with Gasteiger partial charge >= 0.3 is 0 Å². The Labute approximate surface area is 99.5 Å². The molecule has 0 bridgehead atoms. The van der Waals surface area contributed by atoms with Crippen molar-refractivity contribution in [3.63, 3.8) is 0 Å².